The molecule has 1 aromatic carbocycles. The molecular formula is C12H14ClN5OS. The van der Waals surface area contributed by atoms with Crippen LogP contribution in [0.2, 0.25) is 5.02 Å². The Morgan fingerprint density at radius 3 is 2.80 bits per heavy atom. The number of amides is 1. The van der Waals surface area contributed by atoms with E-state index in [9.17, 15) is 4.79 Å². The van der Waals surface area contributed by atoms with Gasteiger partial charge in [0.1, 0.15) is 5.82 Å². The fraction of sp³-hybridized carbons (Fsp3) is 0.250. The summed E-state index contributed by atoms with van der Waals surface area (Å²) in [5.41, 5.74) is 5.38. The molecule has 0 aliphatic carbocycles. The highest BCUT2D eigenvalue weighted by molar-refractivity contribution is 8.00. The molecule has 0 aliphatic rings. The van der Waals surface area contributed by atoms with Crippen LogP contribution in [0.1, 0.15) is 5.82 Å². The van der Waals surface area contributed by atoms with Gasteiger partial charge in [-0.3, -0.25) is 9.89 Å². The SMILES string of the molecule is Nc1n[nH]c(CCNC(=O)CSc2ccc(Cl)cc2)n1. The highest BCUT2D eigenvalue weighted by Gasteiger charge is 2.04. The highest BCUT2D eigenvalue weighted by Crippen LogP contribution is 2.19. The second-order valence-corrected chi connectivity index (χ2v) is 5.47. The smallest absolute Gasteiger partial charge is 0.239 e. The van der Waals surface area contributed by atoms with E-state index in [4.69, 9.17) is 17.3 Å². The largest absolute Gasteiger partial charge is 0.367 e. The molecule has 0 saturated carbocycles. The van der Waals surface area contributed by atoms with Gasteiger partial charge in [-0.2, -0.15) is 4.98 Å². The zero-order valence-corrected chi connectivity index (χ0v) is 12.2. The molecule has 0 unspecified atom stereocenters. The van der Waals surface area contributed by atoms with Gasteiger partial charge in [0, 0.05) is 22.9 Å². The number of thioether (sulfide) groups is 1. The van der Waals surface area contributed by atoms with E-state index in [1.165, 1.54) is 11.8 Å². The number of nitrogens with two attached hydrogens (primary N) is 1. The number of aromatic nitrogens is 3. The van der Waals surface area contributed by atoms with E-state index in [2.05, 4.69) is 20.5 Å². The van der Waals surface area contributed by atoms with Crippen molar-refractivity contribution >= 4 is 35.2 Å². The minimum Gasteiger partial charge on any atom is -0.367 e. The van der Waals surface area contributed by atoms with Crippen LogP contribution in [0.25, 0.3) is 0 Å². The number of hydrogen-bond acceptors (Lipinski definition) is 5. The van der Waals surface area contributed by atoms with E-state index >= 15 is 0 Å². The zero-order valence-electron chi connectivity index (χ0n) is 10.6. The van der Waals surface area contributed by atoms with Crippen LogP contribution in [-0.2, 0) is 11.2 Å². The Morgan fingerprint density at radius 2 is 2.15 bits per heavy atom. The monoisotopic (exact) mass is 311 g/mol. The highest BCUT2D eigenvalue weighted by atomic mass is 35.5. The van der Waals surface area contributed by atoms with Gasteiger partial charge in [-0.15, -0.1) is 16.9 Å². The molecule has 0 fully saturated rings. The van der Waals surface area contributed by atoms with Crippen LogP contribution in [0.3, 0.4) is 0 Å². The third kappa shape index (κ3) is 4.75. The van der Waals surface area contributed by atoms with Crippen LogP contribution >= 0.6 is 23.4 Å². The summed E-state index contributed by atoms with van der Waals surface area (Å²) < 4.78 is 0. The second-order valence-electron chi connectivity index (χ2n) is 3.98. The number of halogens is 1. The van der Waals surface area contributed by atoms with Crippen molar-refractivity contribution in [2.45, 2.75) is 11.3 Å². The molecule has 8 heteroatoms. The summed E-state index contributed by atoms with van der Waals surface area (Å²) in [6, 6.07) is 7.38. The van der Waals surface area contributed by atoms with Crippen molar-refractivity contribution in [3.05, 3.63) is 35.1 Å². The zero-order chi connectivity index (χ0) is 14.4. The Labute approximate surface area is 125 Å². The predicted octanol–water partition coefficient (Wildman–Crippen LogP) is 1.49. The van der Waals surface area contributed by atoms with Crippen LogP contribution in [-0.4, -0.2) is 33.4 Å². The topological polar surface area (TPSA) is 96.7 Å². The van der Waals surface area contributed by atoms with Crippen molar-refractivity contribution in [3.63, 3.8) is 0 Å². The number of carbonyl (C=O) groups excluding carboxylic acids is 1. The summed E-state index contributed by atoms with van der Waals surface area (Å²) >= 11 is 7.25. The first kappa shape index (κ1) is 14.7. The van der Waals surface area contributed by atoms with Gasteiger partial charge >= 0.3 is 0 Å². The number of anilines is 1. The lowest BCUT2D eigenvalue weighted by molar-refractivity contribution is -0.118. The molecule has 20 heavy (non-hydrogen) atoms. The molecule has 1 aromatic heterocycles. The van der Waals surface area contributed by atoms with Gasteiger partial charge in [0.05, 0.1) is 5.75 Å². The standard InChI is InChI=1S/C12H14ClN5OS/c13-8-1-3-9(4-2-8)20-7-11(19)15-6-5-10-16-12(14)18-17-10/h1-4H,5-7H2,(H,15,19)(H3,14,16,17,18). The number of carbonyl (C=O) groups is 1. The number of H-pyrrole nitrogens is 1. The number of hydrogen-bond donors (Lipinski definition) is 3. The third-order valence-electron chi connectivity index (χ3n) is 2.42. The van der Waals surface area contributed by atoms with E-state index in [1.54, 1.807) is 12.1 Å². The second kappa shape index (κ2) is 7.16. The van der Waals surface area contributed by atoms with Crippen LogP contribution in [0.5, 0.6) is 0 Å². The molecule has 0 atom stereocenters. The molecule has 2 rings (SSSR count). The maximum Gasteiger partial charge on any atom is 0.239 e. The first-order valence-electron chi connectivity index (χ1n) is 5.95. The molecule has 1 amide bonds. The van der Waals surface area contributed by atoms with Crippen LogP contribution in [0.15, 0.2) is 29.2 Å². The minimum atomic E-state index is -0.0302. The van der Waals surface area contributed by atoms with Crippen molar-refractivity contribution in [3.8, 4) is 0 Å². The van der Waals surface area contributed by atoms with Gasteiger partial charge in [0.15, 0.2) is 0 Å². The summed E-state index contributed by atoms with van der Waals surface area (Å²) in [4.78, 5) is 16.6. The Bertz CT molecular complexity index is 571. The normalized spacial score (nSPS) is 10.4. The molecule has 0 saturated heterocycles. The Balaban J connectivity index is 1.66. The minimum absolute atomic E-state index is 0.0302. The van der Waals surface area contributed by atoms with E-state index in [-0.39, 0.29) is 11.9 Å². The lowest BCUT2D eigenvalue weighted by Crippen LogP contribution is -2.27. The summed E-state index contributed by atoms with van der Waals surface area (Å²) in [5, 5.41) is 9.89. The molecule has 0 aliphatic heterocycles. The van der Waals surface area contributed by atoms with Crippen LogP contribution < -0.4 is 11.1 Å². The summed E-state index contributed by atoms with van der Waals surface area (Å²) in [6.45, 7) is 0.495. The Kier molecular flexibility index (Phi) is 5.25. The van der Waals surface area contributed by atoms with Gasteiger partial charge in [-0.05, 0) is 24.3 Å². The van der Waals surface area contributed by atoms with Crippen LogP contribution in [0.4, 0.5) is 5.95 Å². The number of rotatable bonds is 6. The van der Waals surface area contributed by atoms with E-state index in [1.807, 2.05) is 12.1 Å². The van der Waals surface area contributed by atoms with Gasteiger partial charge in [0.2, 0.25) is 11.9 Å². The quantitative estimate of drug-likeness (QED) is 0.702. The van der Waals surface area contributed by atoms with Crippen molar-refractivity contribution in [1.82, 2.24) is 20.5 Å². The first-order chi connectivity index (χ1) is 9.63. The number of benzene rings is 1. The lowest BCUT2D eigenvalue weighted by atomic mass is 10.4. The van der Waals surface area contributed by atoms with Crippen LogP contribution in [0, 0.1) is 0 Å². The fourth-order valence-corrected chi connectivity index (χ4v) is 2.33. The predicted molar refractivity (Wildman–Crippen MR) is 79.7 cm³/mol. The third-order valence-corrected chi connectivity index (χ3v) is 3.68. The average Bonchev–Trinajstić information content (AvgIpc) is 2.84. The number of aromatic amines is 1. The van der Waals surface area contributed by atoms with E-state index < -0.39 is 0 Å². The molecule has 2 aromatic rings. The van der Waals surface area contributed by atoms with Gasteiger partial charge in [-0.25, -0.2) is 0 Å². The Morgan fingerprint density at radius 1 is 1.40 bits per heavy atom. The van der Waals surface area contributed by atoms with Crippen molar-refractivity contribution in [2.24, 2.45) is 0 Å². The summed E-state index contributed by atoms with van der Waals surface area (Å²) in [5.74, 6) is 1.20. The lowest BCUT2D eigenvalue weighted by Gasteiger charge is -2.04. The number of nitrogens with zero attached hydrogens (tertiary/aromatic N) is 2. The average molecular weight is 312 g/mol. The maximum atomic E-state index is 11.6. The molecule has 0 spiro atoms. The van der Waals surface area contributed by atoms with Crippen molar-refractivity contribution in [1.29, 1.82) is 0 Å². The first-order valence-corrected chi connectivity index (χ1v) is 7.31. The molecule has 0 bridgehead atoms. The van der Waals surface area contributed by atoms with Crippen molar-refractivity contribution < 1.29 is 4.79 Å². The number of nitrogens with one attached hydrogen (secondary N) is 2. The molecular weight excluding hydrogens is 298 g/mol. The molecule has 6 nitrogen and oxygen atoms in total. The molecule has 4 N–H and O–H groups in total. The van der Waals surface area contributed by atoms with Gasteiger partial charge < -0.3 is 11.1 Å². The number of nitrogen functional groups attached to an aromatic ring is 1. The summed E-state index contributed by atoms with van der Waals surface area (Å²) in [7, 11) is 0. The van der Waals surface area contributed by atoms with E-state index in [0.29, 0.717) is 29.6 Å². The molecule has 1 heterocycles. The molecule has 0 radical (unpaired) electrons. The van der Waals surface area contributed by atoms with Gasteiger partial charge in [-0.1, -0.05) is 11.6 Å². The molecule has 106 valence electrons. The maximum absolute atomic E-state index is 11.6. The van der Waals surface area contributed by atoms with Gasteiger partial charge in [0.25, 0.3) is 0 Å². The summed E-state index contributed by atoms with van der Waals surface area (Å²) in [6.07, 6.45) is 0.571. The van der Waals surface area contributed by atoms with E-state index in [0.717, 1.165) is 4.90 Å². The fourth-order valence-electron chi connectivity index (χ4n) is 1.47. The Hall–Kier alpha value is -1.73. The van der Waals surface area contributed by atoms with Crippen molar-refractivity contribution in [2.75, 3.05) is 18.0 Å².